The largest absolute Gasteiger partial charge is 0.354 e. The Morgan fingerprint density at radius 3 is 2.37 bits per heavy atom. The second-order valence-electron chi connectivity index (χ2n) is 8.45. The van der Waals surface area contributed by atoms with E-state index in [0.29, 0.717) is 32.6 Å². The fraction of sp³-hybridized carbons (Fsp3) is 0.609. The Balaban J connectivity index is 1.73. The third-order valence-electron chi connectivity index (χ3n) is 6.25. The highest BCUT2D eigenvalue weighted by molar-refractivity contribution is 5.80. The van der Waals surface area contributed by atoms with Crippen LogP contribution in [0.15, 0.2) is 30.3 Å². The minimum Gasteiger partial charge on any atom is -0.354 e. The van der Waals surface area contributed by atoms with Crippen molar-refractivity contribution in [1.82, 2.24) is 20.0 Å². The van der Waals surface area contributed by atoms with Crippen molar-refractivity contribution in [3.63, 3.8) is 0 Å². The Bertz CT molecular complexity index is 731. The summed E-state index contributed by atoms with van der Waals surface area (Å²) in [6.07, 6.45) is 2.70. The Kier molecular flexibility index (Phi) is 7.85. The van der Waals surface area contributed by atoms with Gasteiger partial charge >= 0.3 is 0 Å². The molecule has 1 unspecified atom stereocenters. The Hall–Kier alpha value is -2.41. The van der Waals surface area contributed by atoms with E-state index in [1.54, 1.807) is 11.8 Å². The van der Waals surface area contributed by atoms with Gasteiger partial charge in [0.05, 0.1) is 12.5 Å². The second-order valence-corrected chi connectivity index (χ2v) is 8.45. The molecule has 1 N–H and O–H groups in total. The lowest BCUT2D eigenvalue weighted by Gasteiger charge is -2.33. The summed E-state index contributed by atoms with van der Waals surface area (Å²) >= 11 is 0. The van der Waals surface area contributed by atoms with Crippen molar-refractivity contribution in [3.8, 4) is 0 Å². The fourth-order valence-electron chi connectivity index (χ4n) is 4.47. The maximum absolute atomic E-state index is 13.1. The monoisotopic (exact) mass is 414 g/mol. The van der Waals surface area contributed by atoms with E-state index in [-0.39, 0.29) is 36.1 Å². The van der Waals surface area contributed by atoms with Gasteiger partial charge in [-0.1, -0.05) is 30.3 Å². The summed E-state index contributed by atoms with van der Waals surface area (Å²) in [5.41, 5.74) is 0.960. The van der Waals surface area contributed by atoms with E-state index in [4.69, 9.17) is 0 Å². The van der Waals surface area contributed by atoms with Gasteiger partial charge in [0.25, 0.3) is 0 Å². The molecule has 0 aliphatic carbocycles. The topological polar surface area (TPSA) is 73.0 Å². The summed E-state index contributed by atoms with van der Waals surface area (Å²) in [6, 6.07) is 9.42. The van der Waals surface area contributed by atoms with Gasteiger partial charge in [-0.25, -0.2) is 0 Å². The highest BCUT2D eigenvalue weighted by atomic mass is 16.2. The number of carbonyl (C=O) groups excluding carboxylic acids is 3. The van der Waals surface area contributed by atoms with Crippen LogP contribution in [-0.4, -0.2) is 78.7 Å². The number of rotatable bonds is 2. The summed E-state index contributed by atoms with van der Waals surface area (Å²) in [7, 11) is 2.09. The molecule has 1 aromatic rings. The number of benzene rings is 1. The highest BCUT2D eigenvalue weighted by Gasteiger charge is 2.29. The van der Waals surface area contributed by atoms with Crippen LogP contribution in [0.25, 0.3) is 0 Å². The van der Waals surface area contributed by atoms with Gasteiger partial charge in [0.2, 0.25) is 17.7 Å². The maximum atomic E-state index is 13.1. The summed E-state index contributed by atoms with van der Waals surface area (Å²) < 4.78 is 0. The molecule has 3 amide bonds. The van der Waals surface area contributed by atoms with Crippen LogP contribution in [0.3, 0.4) is 0 Å². The van der Waals surface area contributed by atoms with Crippen molar-refractivity contribution in [2.75, 3.05) is 46.3 Å². The normalized spacial score (nSPS) is 22.9. The van der Waals surface area contributed by atoms with Gasteiger partial charge in [0, 0.05) is 39.0 Å². The Morgan fingerprint density at radius 2 is 1.70 bits per heavy atom. The molecule has 7 nitrogen and oxygen atoms in total. The zero-order chi connectivity index (χ0) is 21.5. The first-order chi connectivity index (χ1) is 14.5. The molecule has 3 rings (SSSR count). The lowest BCUT2D eigenvalue weighted by molar-refractivity contribution is -0.137. The van der Waals surface area contributed by atoms with Crippen molar-refractivity contribution in [3.05, 3.63) is 35.9 Å². The minimum absolute atomic E-state index is 0.0518. The van der Waals surface area contributed by atoms with Gasteiger partial charge in [0.1, 0.15) is 0 Å². The number of piperidine rings is 1. The van der Waals surface area contributed by atoms with Crippen LogP contribution >= 0.6 is 0 Å². The smallest absolute Gasteiger partial charge is 0.225 e. The zero-order valence-electron chi connectivity index (χ0n) is 18.2. The summed E-state index contributed by atoms with van der Waals surface area (Å²) in [4.78, 5) is 44.1. The molecule has 164 valence electrons. The molecule has 0 aromatic heterocycles. The van der Waals surface area contributed by atoms with Crippen LogP contribution in [0.1, 0.15) is 44.2 Å². The zero-order valence-corrected chi connectivity index (χ0v) is 18.2. The first kappa shape index (κ1) is 22.3. The third-order valence-corrected chi connectivity index (χ3v) is 6.25. The molecule has 2 saturated heterocycles. The summed E-state index contributed by atoms with van der Waals surface area (Å²) in [6.45, 7) is 5.53. The number of nitrogens with zero attached hydrogens (tertiary/aromatic N) is 3. The third kappa shape index (κ3) is 5.81. The Labute approximate surface area is 179 Å². The molecule has 1 aromatic carbocycles. The molecule has 2 aliphatic heterocycles. The van der Waals surface area contributed by atoms with Gasteiger partial charge < -0.3 is 20.0 Å². The number of hydrogen-bond acceptors (Lipinski definition) is 4. The predicted molar refractivity (Wildman–Crippen MR) is 116 cm³/mol. The average Bonchev–Trinajstić information content (AvgIpc) is 2.78. The Morgan fingerprint density at radius 1 is 1.00 bits per heavy atom. The average molecular weight is 415 g/mol. The highest BCUT2D eigenvalue weighted by Crippen LogP contribution is 2.26. The minimum atomic E-state index is -0.292. The summed E-state index contributed by atoms with van der Waals surface area (Å²) in [5, 5.41) is 2.96. The van der Waals surface area contributed by atoms with Crippen LogP contribution in [-0.2, 0) is 14.4 Å². The lowest BCUT2D eigenvalue weighted by Crippen LogP contribution is -2.45. The quantitative estimate of drug-likeness (QED) is 0.799. The SMILES string of the molecule is CC(=O)N1CCCN(C(=O)C2CCN(C)CC2)CCNC(=O)CC1c1ccccc1. The van der Waals surface area contributed by atoms with Crippen molar-refractivity contribution < 1.29 is 14.4 Å². The van der Waals surface area contributed by atoms with E-state index in [1.165, 1.54) is 0 Å². The maximum Gasteiger partial charge on any atom is 0.225 e. The van der Waals surface area contributed by atoms with Gasteiger partial charge in [0.15, 0.2) is 0 Å². The van der Waals surface area contributed by atoms with Crippen LogP contribution in [0.4, 0.5) is 0 Å². The molecule has 0 spiro atoms. The van der Waals surface area contributed by atoms with Crippen molar-refractivity contribution >= 4 is 17.7 Å². The molecule has 2 heterocycles. The first-order valence-corrected chi connectivity index (χ1v) is 11.0. The van der Waals surface area contributed by atoms with E-state index in [2.05, 4.69) is 17.3 Å². The molecule has 2 fully saturated rings. The van der Waals surface area contributed by atoms with E-state index < -0.39 is 0 Å². The van der Waals surface area contributed by atoms with E-state index in [0.717, 1.165) is 31.5 Å². The van der Waals surface area contributed by atoms with Crippen molar-refractivity contribution in [2.24, 2.45) is 5.92 Å². The van der Waals surface area contributed by atoms with Gasteiger partial charge in [-0.05, 0) is 45.0 Å². The van der Waals surface area contributed by atoms with E-state index >= 15 is 0 Å². The molecule has 1 atom stereocenters. The molecule has 0 bridgehead atoms. The van der Waals surface area contributed by atoms with E-state index in [1.807, 2.05) is 35.2 Å². The van der Waals surface area contributed by atoms with Crippen LogP contribution in [0.5, 0.6) is 0 Å². The molecule has 0 radical (unpaired) electrons. The van der Waals surface area contributed by atoms with Crippen LogP contribution in [0, 0.1) is 5.92 Å². The number of hydrogen-bond donors (Lipinski definition) is 1. The molecule has 7 heteroatoms. The van der Waals surface area contributed by atoms with Crippen LogP contribution < -0.4 is 5.32 Å². The first-order valence-electron chi connectivity index (χ1n) is 11.0. The van der Waals surface area contributed by atoms with Gasteiger partial charge in [-0.2, -0.15) is 0 Å². The van der Waals surface area contributed by atoms with Crippen LogP contribution in [0.2, 0.25) is 0 Å². The fourth-order valence-corrected chi connectivity index (χ4v) is 4.47. The van der Waals surface area contributed by atoms with Crippen molar-refractivity contribution in [1.29, 1.82) is 0 Å². The molecular weight excluding hydrogens is 380 g/mol. The summed E-state index contributed by atoms with van der Waals surface area (Å²) in [5.74, 6) is 0.0985. The molecule has 0 saturated carbocycles. The second kappa shape index (κ2) is 10.6. The predicted octanol–water partition coefficient (Wildman–Crippen LogP) is 1.66. The van der Waals surface area contributed by atoms with Crippen molar-refractivity contribution in [2.45, 2.75) is 38.6 Å². The van der Waals surface area contributed by atoms with Gasteiger partial charge in [-0.3, -0.25) is 14.4 Å². The molecule has 2 aliphatic rings. The molecule has 30 heavy (non-hydrogen) atoms. The number of amides is 3. The molecular formula is C23H34N4O3. The number of carbonyl (C=O) groups is 3. The standard InChI is InChI=1S/C23H34N4O3/c1-18(28)27-13-6-12-26(23(30)20-9-14-25(2)15-10-20)16-11-24-22(29)17-21(27)19-7-4-3-5-8-19/h3-5,7-8,20-21H,6,9-17H2,1-2H3,(H,24,29). The van der Waals surface area contributed by atoms with Gasteiger partial charge in [-0.15, -0.1) is 0 Å². The number of nitrogens with one attached hydrogen (secondary N) is 1. The van der Waals surface area contributed by atoms with E-state index in [9.17, 15) is 14.4 Å². The number of likely N-dealkylation sites (tertiary alicyclic amines) is 1. The lowest BCUT2D eigenvalue weighted by atomic mass is 9.95.